The standard InChI is InChI=1S/C24H25ClF3N3O3S/c1-3-5-12-31-22(33)20(14-21(32)29-15-6-9-17(10-7-15)34-4-2)35-23(31)30-16-8-11-19(25)18(13-16)24(26,27)28/h6-11,13,20H,3-5,12,14H2,1-2H3,(H,29,32). The molecule has 0 radical (unpaired) electrons. The van der Waals surface area contributed by atoms with Crippen LogP contribution in [0.1, 0.15) is 38.7 Å². The molecule has 1 heterocycles. The van der Waals surface area contributed by atoms with Gasteiger partial charge in [-0.25, -0.2) is 4.99 Å². The van der Waals surface area contributed by atoms with Crippen LogP contribution in [0.5, 0.6) is 5.75 Å². The molecule has 2 aromatic rings. The molecule has 35 heavy (non-hydrogen) atoms. The van der Waals surface area contributed by atoms with Gasteiger partial charge in [0.2, 0.25) is 11.8 Å². The van der Waals surface area contributed by atoms with Crippen molar-refractivity contribution in [1.29, 1.82) is 0 Å². The van der Waals surface area contributed by atoms with E-state index in [1.54, 1.807) is 24.3 Å². The Morgan fingerprint density at radius 2 is 1.91 bits per heavy atom. The Morgan fingerprint density at radius 1 is 1.20 bits per heavy atom. The smallest absolute Gasteiger partial charge is 0.417 e. The number of amides is 2. The van der Waals surface area contributed by atoms with Crippen LogP contribution in [-0.4, -0.2) is 40.3 Å². The van der Waals surface area contributed by atoms with Crippen molar-refractivity contribution in [2.24, 2.45) is 4.99 Å². The lowest BCUT2D eigenvalue weighted by Gasteiger charge is -2.16. The van der Waals surface area contributed by atoms with Crippen molar-refractivity contribution in [2.45, 2.75) is 44.5 Å². The van der Waals surface area contributed by atoms with Gasteiger partial charge in [0.15, 0.2) is 5.17 Å². The summed E-state index contributed by atoms with van der Waals surface area (Å²) in [5.74, 6) is 0.0203. The van der Waals surface area contributed by atoms with Gasteiger partial charge < -0.3 is 10.1 Å². The average Bonchev–Trinajstić information content (AvgIpc) is 3.08. The summed E-state index contributed by atoms with van der Waals surface area (Å²) in [5, 5.41) is 1.85. The molecule has 1 N–H and O–H groups in total. The lowest BCUT2D eigenvalue weighted by Crippen LogP contribution is -2.34. The van der Waals surface area contributed by atoms with Gasteiger partial charge in [-0.15, -0.1) is 0 Å². The minimum Gasteiger partial charge on any atom is -0.494 e. The fraction of sp³-hybridized carbons (Fsp3) is 0.375. The zero-order valence-electron chi connectivity index (χ0n) is 19.2. The summed E-state index contributed by atoms with van der Waals surface area (Å²) in [6.07, 6.45) is -3.24. The molecule has 1 fully saturated rings. The molecule has 2 aromatic carbocycles. The van der Waals surface area contributed by atoms with Crippen LogP contribution in [0.15, 0.2) is 47.5 Å². The Balaban J connectivity index is 1.76. The van der Waals surface area contributed by atoms with Gasteiger partial charge in [-0.2, -0.15) is 13.2 Å². The predicted octanol–water partition coefficient (Wildman–Crippen LogP) is 6.52. The molecule has 3 rings (SSSR count). The lowest BCUT2D eigenvalue weighted by atomic mass is 10.2. The molecule has 0 aliphatic carbocycles. The quantitative estimate of drug-likeness (QED) is 0.403. The fourth-order valence-electron chi connectivity index (χ4n) is 3.34. The van der Waals surface area contributed by atoms with Gasteiger partial charge in [0.25, 0.3) is 0 Å². The molecule has 1 atom stereocenters. The highest BCUT2D eigenvalue weighted by molar-refractivity contribution is 8.15. The molecule has 1 aliphatic heterocycles. The molecule has 2 amide bonds. The molecular weight excluding hydrogens is 503 g/mol. The molecule has 188 valence electrons. The molecule has 6 nitrogen and oxygen atoms in total. The lowest BCUT2D eigenvalue weighted by molar-refractivity contribution is -0.137. The van der Waals surface area contributed by atoms with E-state index < -0.39 is 22.0 Å². The number of thioether (sulfide) groups is 1. The molecule has 0 spiro atoms. The number of aliphatic imine (C=N–C) groups is 1. The van der Waals surface area contributed by atoms with E-state index in [4.69, 9.17) is 16.3 Å². The van der Waals surface area contributed by atoms with E-state index in [1.165, 1.54) is 11.0 Å². The highest BCUT2D eigenvalue weighted by Gasteiger charge is 2.39. The van der Waals surface area contributed by atoms with Gasteiger partial charge in [-0.3, -0.25) is 14.5 Å². The highest BCUT2D eigenvalue weighted by Crippen LogP contribution is 2.38. The largest absolute Gasteiger partial charge is 0.494 e. The van der Waals surface area contributed by atoms with Crippen LogP contribution >= 0.6 is 23.4 Å². The minimum absolute atomic E-state index is 0.0259. The molecule has 0 bridgehead atoms. The van der Waals surface area contributed by atoms with E-state index in [0.717, 1.165) is 30.3 Å². The van der Waals surface area contributed by atoms with Crippen molar-refractivity contribution in [3.05, 3.63) is 53.1 Å². The molecule has 0 aromatic heterocycles. The molecule has 0 saturated carbocycles. The number of ether oxygens (including phenoxy) is 1. The number of benzene rings is 2. The Labute approximate surface area is 210 Å². The first kappa shape index (κ1) is 26.9. The summed E-state index contributed by atoms with van der Waals surface area (Å²) in [4.78, 5) is 31.4. The summed E-state index contributed by atoms with van der Waals surface area (Å²) >= 11 is 6.77. The third kappa shape index (κ3) is 7.14. The van der Waals surface area contributed by atoms with Gasteiger partial charge in [0, 0.05) is 18.7 Å². The van der Waals surface area contributed by atoms with Gasteiger partial charge in [-0.1, -0.05) is 36.7 Å². The van der Waals surface area contributed by atoms with Crippen molar-refractivity contribution in [3.8, 4) is 5.75 Å². The van der Waals surface area contributed by atoms with E-state index in [2.05, 4.69) is 10.3 Å². The van der Waals surface area contributed by atoms with Crippen LogP contribution in [0.4, 0.5) is 24.5 Å². The van der Waals surface area contributed by atoms with Crippen LogP contribution in [0.25, 0.3) is 0 Å². The van der Waals surface area contributed by atoms with Crippen molar-refractivity contribution >= 4 is 51.7 Å². The summed E-state index contributed by atoms with van der Waals surface area (Å²) < 4.78 is 45.1. The number of hydrogen-bond acceptors (Lipinski definition) is 5. The molecular formula is C24H25ClF3N3O3S. The third-order valence-electron chi connectivity index (χ3n) is 5.06. The van der Waals surface area contributed by atoms with E-state index in [0.29, 0.717) is 31.0 Å². The number of amidine groups is 1. The maximum Gasteiger partial charge on any atom is 0.417 e. The second kappa shape index (κ2) is 11.8. The van der Waals surface area contributed by atoms with Crippen LogP contribution in [0.2, 0.25) is 5.02 Å². The number of alkyl halides is 3. The first-order valence-electron chi connectivity index (χ1n) is 11.1. The fourth-order valence-corrected chi connectivity index (χ4v) is 4.75. The summed E-state index contributed by atoms with van der Waals surface area (Å²) in [6.45, 7) is 4.72. The maximum atomic E-state index is 13.2. The van der Waals surface area contributed by atoms with E-state index in [-0.39, 0.29) is 29.1 Å². The van der Waals surface area contributed by atoms with Crippen molar-refractivity contribution < 1.29 is 27.5 Å². The van der Waals surface area contributed by atoms with Gasteiger partial charge in [0.05, 0.1) is 22.9 Å². The number of anilines is 1. The number of unbranched alkanes of at least 4 members (excludes halogenated alkanes) is 1. The van der Waals surface area contributed by atoms with Crippen LogP contribution in [0.3, 0.4) is 0 Å². The molecule has 1 saturated heterocycles. The molecule has 11 heteroatoms. The first-order valence-corrected chi connectivity index (χ1v) is 12.3. The number of carbonyl (C=O) groups excluding carboxylic acids is 2. The SMILES string of the molecule is CCCCN1C(=O)C(CC(=O)Nc2ccc(OCC)cc2)SC1=Nc1ccc(Cl)c(C(F)(F)F)c1. The Hall–Kier alpha value is -2.72. The summed E-state index contributed by atoms with van der Waals surface area (Å²) in [7, 11) is 0. The number of nitrogens with zero attached hydrogens (tertiary/aromatic N) is 2. The minimum atomic E-state index is -4.63. The van der Waals surface area contributed by atoms with Gasteiger partial charge in [-0.05, 0) is 55.8 Å². The average molecular weight is 528 g/mol. The first-order chi connectivity index (χ1) is 16.6. The van der Waals surface area contributed by atoms with E-state index in [9.17, 15) is 22.8 Å². The second-order valence-corrected chi connectivity index (χ2v) is 9.29. The van der Waals surface area contributed by atoms with Crippen LogP contribution < -0.4 is 10.1 Å². The predicted molar refractivity (Wildman–Crippen MR) is 132 cm³/mol. The van der Waals surface area contributed by atoms with Crippen molar-refractivity contribution in [3.63, 3.8) is 0 Å². The zero-order chi connectivity index (χ0) is 25.6. The maximum absolute atomic E-state index is 13.2. The Bertz CT molecular complexity index is 1090. The van der Waals surface area contributed by atoms with Crippen molar-refractivity contribution in [1.82, 2.24) is 4.90 Å². The second-order valence-electron chi connectivity index (χ2n) is 7.72. The monoisotopic (exact) mass is 527 g/mol. The topological polar surface area (TPSA) is 71.0 Å². The molecule has 1 unspecified atom stereocenters. The van der Waals surface area contributed by atoms with Crippen molar-refractivity contribution in [2.75, 3.05) is 18.5 Å². The molecule has 1 aliphatic rings. The number of hydrogen-bond donors (Lipinski definition) is 1. The third-order valence-corrected chi connectivity index (χ3v) is 6.56. The number of nitrogens with one attached hydrogen (secondary N) is 1. The summed E-state index contributed by atoms with van der Waals surface area (Å²) in [6, 6.07) is 10.2. The Morgan fingerprint density at radius 3 is 2.54 bits per heavy atom. The van der Waals surface area contributed by atoms with Crippen LogP contribution in [-0.2, 0) is 15.8 Å². The van der Waals surface area contributed by atoms with E-state index in [1.807, 2.05) is 13.8 Å². The van der Waals surface area contributed by atoms with E-state index >= 15 is 0 Å². The van der Waals surface area contributed by atoms with Crippen LogP contribution in [0, 0.1) is 0 Å². The summed E-state index contributed by atoms with van der Waals surface area (Å²) in [5.41, 5.74) is -0.411. The zero-order valence-corrected chi connectivity index (χ0v) is 20.8. The number of halogens is 4. The highest BCUT2D eigenvalue weighted by atomic mass is 35.5. The van der Waals surface area contributed by atoms with Gasteiger partial charge in [0.1, 0.15) is 11.0 Å². The number of rotatable bonds is 9. The number of carbonyl (C=O) groups is 2. The Kier molecular flexibility index (Phi) is 9.07. The normalized spacial score (nSPS) is 17.2. The van der Waals surface area contributed by atoms with Gasteiger partial charge >= 0.3 is 6.18 Å².